The van der Waals surface area contributed by atoms with E-state index in [1.165, 1.54) is 0 Å². The standard InChI is InChI=1S/C17H18N4O2/c1-12-3-4-15-20-13(2)16(21(15)11-12)17(22)19-9-10-23-14-5-7-18-8-6-14/h3-8,11H,9-10H2,1-2H3,(H,19,22). The molecule has 0 fully saturated rings. The van der Waals surface area contributed by atoms with Gasteiger partial charge < -0.3 is 10.1 Å². The normalized spacial score (nSPS) is 10.7. The van der Waals surface area contributed by atoms with Crippen molar-refractivity contribution in [2.75, 3.05) is 13.2 Å². The number of aromatic nitrogens is 3. The summed E-state index contributed by atoms with van der Waals surface area (Å²) in [5.74, 6) is 0.579. The van der Waals surface area contributed by atoms with Crippen molar-refractivity contribution in [2.24, 2.45) is 0 Å². The SMILES string of the molecule is Cc1ccc2nc(C)c(C(=O)NCCOc3ccncc3)n2c1. The molecule has 0 radical (unpaired) electrons. The molecule has 1 amide bonds. The van der Waals surface area contributed by atoms with Crippen LogP contribution in [0.4, 0.5) is 0 Å². The van der Waals surface area contributed by atoms with Crippen molar-refractivity contribution in [2.45, 2.75) is 13.8 Å². The van der Waals surface area contributed by atoms with Gasteiger partial charge in [0.05, 0.1) is 12.2 Å². The van der Waals surface area contributed by atoms with E-state index in [-0.39, 0.29) is 5.91 Å². The minimum absolute atomic E-state index is 0.154. The molecule has 0 aromatic carbocycles. The predicted molar refractivity (Wildman–Crippen MR) is 86.7 cm³/mol. The maximum Gasteiger partial charge on any atom is 0.270 e. The highest BCUT2D eigenvalue weighted by atomic mass is 16.5. The zero-order valence-corrected chi connectivity index (χ0v) is 13.1. The van der Waals surface area contributed by atoms with Gasteiger partial charge in [-0.2, -0.15) is 0 Å². The number of aryl methyl sites for hydroxylation is 2. The van der Waals surface area contributed by atoms with Crippen molar-refractivity contribution in [1.29, 1.82) is 0 Å². The van der Waals surface area contributed by atoms with Crippen LogP contribution in [-0.2, 0) is 0 Å². The molecule has 0 aliphatic carbocycles. The van der Waals surface area contributed by atoms with Crippen LogP contribution in [0, 0.1) is 13.8 Å². The summed E-state index contributed by atoms with van der Waals surface area (Å²) in [7, 11) is 0. The number of ether oxygens (including phenoxy) is 1. The average Bonchev–Trinajstić information content (AvgIpc) is 2.87. The van der Waals surface area contributed by atoms with Crippen LogP contribution in [0.2, 0.25) is 0 Å². The van der Waals surface area contributed by atoms with Gasteiger partial charge in [-0.25, -0.2) is 4.98 Å². The first-order valence-corrected chi connectivity index (χ1v) is 7.41. The zero-order chi connectivity index (χ0) is 16.2. The van der Waals surface area contributed by atoms with Crippen molar-refractivity contribution in [3.05, 3.63) is 59.8 Å². The molecule has 23 heavy (non-hydrogen) atoms. The Hall–Kier alpha value is -2.89. The molecule has 118 valence electrons. The Morgan fingerprint density at radius 1 is 1.22 bits per heavy atom. The van der Waals surface area contributed by atoms with Gasteiger partial charge in [-0.1, -0.05) is 6.07 Å². The van der Waals surface area contributed by atoms with E-state index in [0.29, 0.717) is 24.5 Å². The van der Waals surface area contributed by atoms with Crippen molar-refractivity contribution >= 4 is 11.6 Å². The summed E-state index contributed by atoms with van der Waals surface area (Å²) >= 11 is 0. The third kappa shape index (κ3) is 3.31. The first-order chi connectivity index (χ1) is 11.1. The number of amides is 1. The molecule has 0 aliphatic heterocycles. The second kappa shape index (κ2) is 6.48. The van der Waals surface area contributed by atoms with Gasteiger partial charge in [-0.3, -0.25) is 14.2 Å². The highest BCUT2D eigenvalue weighted by Gasteiger charge is 2.16. The lowest BCUT2D eigenvalue weighted by Crippen LogP contribution is -2.29. The van der Waals surface area contributed by atoms with Crippen molar-refractivity contribution < 1.29 is 9.53 Å². The van der Waals surface area contributed by atoms with E-state index >= 15 is 0 Å². The topological polar surface area (TPSA) is 68.5 Å². The van der Waals surface area contributed by atoms with E-state index in [0.717, 1.165) is 17.0 Å². The van der Waals surface area contributed by atoms with E-state index in [4.69, 9.17) is 4.74 Å². The maximum atomic E-state index is 12.4. The molecule has 0 bridgehead atoms. The van der Waals surface area contributed by atoms with Gasteiger partial charge in [0.15, 0.2) is 0 Å². The van der Waals surface area contributed by atoms with Crippen LogP contribution in [-0.4, -0.2) is 33.4 Å². The minimum atomic E-state index is -0.154. The lowest BCUT2D eigenvalue weighted by molar-refractivity contribution is 0.0940. The molecule has 3 rings (SSSR count). The molecule has 0 spiro atoms. The molecule has 6 nitrogen and oxygen atoms in total. The number of imidazole rings is 1. The fraction of sp³-hybridized carbons (Fsp3) is 0.235. The van der Waals surface area contributed by atoms with Gasteiger partial charge in [-0.05, 0) is 37.6 Å². The van der Waals surface area contributed by atoms with E-state index < -0.39 is 0 Å². The highest BCUT2D eigenvalue weighted by Crippen LogP contribution is 2.13. The predicted octanol–water partition coefficient (Wildman–Crippen LogP) is 2.15. The van der Waals surface area contributed by atoms with Gasteiger partial charge >= 0.3 is 0 Å². The molecule has 0 saturated carbocycles. The van der Waals surface area contributed by atoms with Crippen molar-refractivity contribution in [3.63, 3.8) is 0 Å². The molecular formula is C17H18N4O2. The Balaban J connectivity index is 1.64. The summed E-state index contributed by atoms with van der Waals surface area (Å²) in [6, 6.07) is 7.44. The number of carbonyl (C=O) groups is 1. The molecule has 1 N–H and O–H groups in total. The summed E-state index contributed by atoms with van der Waals surface area (Å²) in [6.07, 6.45) is 5.24. The van der Waals surface area contributed by atoms with Crippen LogP contribution >= 0.6 is 0 Å². The summed E-state index contributed by atoms with van der Waals surface area (Å²) in [6.45, 7) is 4.63. The number of pyridine rings is 2. The Bertz CT molecular complexity index is 827. The van der Waals surface area contributed by atoms with Gasteiger partial charge in [0.1, 0.15) is 23.7 Å². The Morgan fingerprint density at radius 2 is 2.00 bits per heavy atom. The molecule has 0 saturated heterocycles. The molecule has 3 aromatic rings. The van der Waals surface area contributed by atoms with E-state index in [1.54, 1.807) is 24.5 Å². The van der Waals surface area contributed by atoms with Crippen molar-refractivity contribution in [1.82, 2.24) is 19.7 Å². The number of hydrogen-bond acceptors (Lipinski definition) is 4. The van der Waals surface area contributed by atoms with Crippen LogP contribution in [0.25, 0.3) is 5.65 Å². The number of carbonyl (C=O) groups excluding carboxylic acids is 1. The van der Waals surface area contributed by atoms with Crippen molar-refractivity contribution in [3.8, 4) is 5.75 Å². The molecule has 3 heterocycles. The Labute approximate surface area is 134 Å². The molecule has 6 heteroatoms. The molecule has 3 aromatic heterocycles. The summed E-state index contributed by atoms with van der Waals surface area (Å²) in [4.78, 5) is 20.8. The number of fused-ring (bicyclic) bond motifs is 1. The second-order valence-electron chi connectivity index (χ2n) is 5.27. The van der Waals surface area contributed by atoms with Gasteiger partial charge in [0.2, 0.25) is 0 Å². The first kappa shape index (κ1) is 15.0. The third-order valence-electron chi connectivity index (χ3n) is 3.46. The van der Waals surface area contributed by atoms with Crippen LogP contribution in [0.5, 0.6) is 5.75 Å². The van der Waals surface area contributed by atoms with E-state index in [9.17, 15) is 4.79 Å². The zero-order valence-electron chi connectivity index (χ0n) is 13.1. The average molecular weight is 310 g/mol. The van der Waals surface area contributed by atoms with Crippen LogP contribution in [0.15, 0.2) is 42.9 Å². The van der Waals surface area contributed by atoms with E-state index in [2.05, 4.69) is 15.3 Å². The monoisotopic (exact) mass is 310 g/mol. The fourth-order valence-electron chi connectivity index (χ4n) is 2.39. The quantitative estimate of drug-likeness (QED) is 0.733. The Morgan fingerprint density at radius 3 is 2.78 bits per heavy atom. The van der Waals surface area contributed by atoms with E-state index in [1.807, 2.05) is 36.6 Å². The first-order valence-electron chi connectivity index (χ1n) is 7.41. The summed E-state index contributed by atoms with van der Waals surface area (Å²) in [5.41, 5.74) is 3.12. The smallest absolute Gasteiger partial charge is 0.270 e. The molecule has 0 atom stereocenters. The van der Waals surface area contributed by atoms with Crippen LogP contribution < -0.4 is 10.1 Å². The third-order valence-corrected chi connectivity index (χ3v) is 3.46. The lowest BCUT2D eigenvalue weighted by Gasteiger charge is -2.08. The lowest BCUT2D eigenvalue weighted by atomic mass is 10.3. The molecular weight excluding hydrogens is 292 g/mol. The largest absolute Gasteiger partial charge is 0.492 e. The Kier molecular flexibility index (Phi) is 4.23. The fourth-order valence-corrected chi connectivity index (χ4v) is 2.39. The van der Waals surface area contributed by atoms with Crippen LogP contribution in [0.1, 0.15) is 21.7 Å². The second-order valence-corrected chi connectivity index (χ2v) is 5.27. The number of nitrogens with one attached hydrogen (secondary N) is 1. The van der Waals surface area contributed by atoms with Gasteiger partial charge in [0.25, 0.3) is 5.91 Å². The van der Waals surface area contributed by atoms with Gasteiger partial charge in [-0.15, -0.1) is 0 Å². The number of hydrogen-bond donors (Lipinski definition) is 1. The summed E-state index contributed by atoms with van der Waals surface area (Å²) < 4.78 is 7.36. The number of nitrogens with zero attached hydrogens (tertiary/aromatic N) is 3. The summed E-state index contributed by atoms with van der Waals surface area (Å²) in [5, 5.41) is 2.87. The maximum absolute atomic E-state index is 12.4. The number of rotatable bonds is 5. The van der Waals surface area contributed by atoms with Crippen LogP contribution in [0.3, 0.4) is 0 Å². The van der Waals surface area contributed by atoms with Gasteiger partial charge in [0, 0.05) is 18.6 Å². The molecule has 0 unspecified atom stereocenters. The molecule has 0 aliphatic rings. The minimum Gasteiger partial charge on any atom is -0.492 e. The highest BCUT2D eigenvalue weighted by molar-refractivity contribution is 5.94.